The predicted molar refractivity (Wildman–Crippen MR) is 57.5 cm³/mol. The van der Waals surface area contributed by atoms with Gasteiger partial charge >= 0.3 is 0 Å². The summed E-state index contributed by atoms with van der Waals surface area (Å²) >= 11 is 4.93. The fourth-order valence-corrected chi connectivity index (χ4v) is 2.03. The second-order valence-corrected chi connectivity index (χ2v) is 4.21. The molecule has 0 bridgehead atoms. The van der Waals surface area contributed by atoms with Gasteiger partial charge in [-0.3, -0.25) is 0 Å². The van der Waals surface area contributed by atoms with Gasteiger partial charge in [-0.05, 0) is 50.2 Å². The summed E-state index contributed by atoms with van der Waals surface area (Å²) in [5.74, 6) is 0. The van der Waals surface area contributed by atoms with Crippen LogP contribution in [0.5, 0.6) is 0 Å². The summed E-state index contributed by atoms with van der Waals surface area (Å²) < 4.78 is 25.6. The van der Waals surface area contributed by atoms with Gasteiger partial charge in [-0.1, -0.05) is 0 Å². The third-order valence-corrected chi connectivity index (χ3v) is 2.92. The molecule has 2 N–H and O–H groups in total. The van der Waals surface area contributed by atoms with Crippen LogP contribution in [-0.4, -0.2) is 4.98 Å². The SMILES string of the molecule is NCc1cc(I)nc(C(F)F)c1Br. The van der Waals surface area contributed by atoms with Gasteiger partial charge in [0.05, 0.1) is 0 Å². The molecule has 72 valence electrons. The van der Waals surface area contributed by atoms with E-state index in [2.05, 4.69) is 20.9 Å². The zero-order chi connectivity index (χ0) is 10.0. The highest BCUT2D eigenvalue weighted by atomic mass is 127. The topological polar surface area (TPSA) is 38.9 Å². The molecular weight excluding hydrogens is 357 g/mol. The highest BCUT2D eigenvalue weighted by Gasteiger charge is 2.16. The van der Waals surface area contributed by atoms with Crippen molar-refractivity contribution in [3.63, 3.8) is 0 Å². The Kier molecular flexibility index (Phi) is 3.99. The monoisotopic (exact) mass is 362 g/mol. The van der Waals surface area contributed by atoms with Crippen LogP contribution in [0, 0.1) is 3.70 Å². The molecule has 0 unspecified atom stereocenters. The van der Waals surface area contributed by atoms with Gasteiger partial charge in [0, 0.05) is 11.0 Å². The van der Waals surface area contributed by atoms with E-state index in [-0.39, 0.29) is 12.2 Å². The minimum Gasteiger partial charge on any atom is -0.326 e. The minimum atomic E-state index is -2.57. The first-order chi connectivity index (χ1) is 6.06. The molecule has 0 aliphatic heterocycles. The van der Waals surface area contributed by atoms with Crippen LogP contribution in [0.4, 0.5) is 8.78 Å². The Labute approximate surface area is 96.2 Å². The molecule has 1 rings (SSSR count). The fraction of sp³-hybridized carbons (Fsp3) is 0.286. The maximum Gasteiger partial charge on any atom is 0.281 e. The zero-order valence-electron chi connectivity index (χ0n) is 6.40. The maximum absolute atomic E-state index is 12.4. The van der Waals surface area contributed by atoms with Gasteiger partial charge in [-0.2, -0.15) is 0 Å². The molecule has 0 aliphatic rings. The molecule has 0 spiro atoms. The van der Waals surface area contributed by atoms with Crippen molar-refractivity contribution in [1.29, 1.82) is 0 Å². The summed E-state index contributed by atoms with van der Waals surface area (Å²) in [5.41, 5.74) is 5.79. The minimum absolute atomic E-state index is 0.221. The van der Waals surface area contributed by atoms with E-state index in [1.165, 1.54) is 0 Å². The second kappa shape index (κ2) is 4.61. The quantitative estimate of drug-likeness (QED) is 0.649. The molecule has 2 nitrogen and oxygen atoms in total. The molecular formula is C7H6BrF2IN2. The number of halogens is 4. The summed E-state index contributed by atoms with van der Waals surface area (Å²) in [6.07, 6.45) is -2.57. The van der Waals surface area contributed by atoms with Crippen molar-refractivity contribution in [3.8, 4) is 0 Å². The van der Waals surface area contributed by atoms with E-state index in [4.69, 9.17) is 5.73 Å². The molecule has 0 saturated carbocycles. The Hall–Kier alpha value is 0.180. The van der Waals surface area contributed by atoms with Crippen LogP contribution in [0.25, 0.3) is 0 Å². The van der Waals surface area contributed by atoms with E-state index in [1.807, 2.05) is 22.6 Å². The maximum atomic E-state index is 12.4. The summed E-state index contributed by atoms with van der Waals surface area (Å²) in [7, 11) is 0. The molecule has 0 radical (unpaired) electrons. The van der Waals surface area contributed by atoms with E-state index in [1.54, 1.807) is 6.07 Å². The molecule has 1 aromatic heterocycles. The van der Waals surface area contributed by atoms with Crippen molar-refractivity contribution < 1.29 is 8.78 Å². The number of hydrogen-bond donors (Lipinski definition) is 1. The zero-order valence-corrected chi connectivity index (χ0v) is 10.1. The highest BCUT2D eigenvalue weighted by molar-refractivity contribution is 14.1. The third kappa shape index (κ3) is 2.57. The lowest BCUT2D eigenvalue weighted by atomic mass is 10.2. The first-order valence-corrected chi connectivity index (χ1v) is 5.26. The number of nitrogens with two attached hydrogens (primary N) is 1. The van der Waals surface area contributed by atoms with Crippen LogP contribution < -0.4 is 5.73 Å². The van der Waals surface area contributed by atoms with Crippen LogP contribution in [0.2, 0.25) is 0 Å². The summed E-state index contributed by atoms with van der Waals surface area (Å²) in [4.78, 5) is 3.72. The van der Waals surface area contributed by atoms with Crippen LogP contribution in [-0.2, 0) is 6.54 Å². The van der Waals surface area contributed by atoms with Crippen molar-refractivity contribution >= 4 is 38.5 Å². The van der Waals surface area contributed by atoms with E-state index in [0.717, 1.165) is 0 Å². The third-order valence-electron chi connectivity index (χ3n) is 1.45. The van der Waals surface area contributed by atoms with Crippen LogP contribution in [0.1, 0.15) is 17.7 Å². The van der Waals surface area contributed by atoms with Crippen molar-refractivity contribution in [1.82, 2.24) is 4.98 Å². The molecule has 0 amide bonds. The standard InChI is InChI=1S/C7H6BrF2IN2/c8-5-3(2-12)1-4(11)13-6(5)7(9)10/h1,7H,2,12H2. The Bertz CT molecular complexity index is 320. The Morgan fingerprint density at radius 3 is 2.69 bits per heavy atom. The van der Waals surface area contributed by atoms with Crippen molar-refractivity contribution in [3.05, 3.63) is 25.5 Å². The number of pyridine rings is 1. The van der Waals surface area contributed by atoms with Gasteiger partial charge < -0.3 is 5.73 Å². The molecule has 0 aliphatic carbocycles. The van der Waals surface area contributed by atoms with Crippen molar-refractivity contribution in [2.75, 3.05) is 0 Å². The predicted octanol–water partition coefficient (Wildman–Crippen LogP) is 2.85. The Morgan fingerprint density at radius 1 is 1.62 bits per heavy atom. The van der Waals surface area contributed by atoms with Gasteiger partial charge in [-0.25, -0.2) is 13.8 Å². The average Bonchev–Trinajstić information content (AvgIpc) is 2.08. The van der Waals surface area contributed by atoms with Gasteiger partial charge in [0.2, 0.25) is 0 Å². The van der Waals surface area contributed by atoms with E-state index >= 15 is 0 Å². The van der Waals surface area contributed by atoms with Gasteiger partial charge in [0.1, 0.15) is 9.39 Å². The number of aromatic nitrogens is 1. The second-order valence-electron chi connectivity index (χ2n) is 2.31. The van der Waals surface area contributed by atoms with Gasteiger partial charge in [-0.15, -0.1) is 0 Å². The number of rotatable bonds is 2. The van der Waals surface area contributed by atoms with E-state index in [9.17, 15) is 8.78 Å². The lowest BCUT2D eigenvalue weighted by molar-refractivity contribution is 0.145. The van der Waals surface area contributed by atoms with Crippen LogP contribution >= 0.6 is 38.5 Å². The molecule has 0 aromatic carbocycles. The average molecular weight is 363 g/mol. The lowest BCUT2D eigenvalue weighted by Gasteiger charge is -2.07. The molecule has 0 saturated heterocycles. The van der Waals surface area contributed by atoms with Gasteiger partial charge in [0.15, 0.2) is 0 Å². The molecule has 1 heterocycles. The van der Waals surface area contributed by atoms with Crippen LogP contribution in [0.3, 0.4) is 0 Å². The Morgan fingerprint density at radius 2 is 2.23 bits per heavy atom. The first kappa shape index (κ1) is 11.3. The molecule has 6 heteroatoms. The van der Waals surface area contributed by atoms with Gasteiger partial charge in [0.25, 0.3) is 6.43 Å². The number of nitrogens with zero attached hydrogens (tertiary/aromatic N) is 1. The van der Waals surface area contributed by atoms with Crippen molar-refractivity contribution in [2.45, 2.75) is 13.0 Å². The highest BCUT2D eigenvalue weighted by Crippen LogP contribution is 2.29. The fourth-order valence-electron chi connectivity index (χ4n) is 0.861. The summed E-state index contributed by atoms with van der Waals surface area (Å²) in [6.45, 7) is 0.221. The molecule has 0 fully saturated rings. The molecule has 1 aromatic rings. The summed E-state index contributed by atoms with van der Waals surface area (Å²) in [5, 5.41) is 0. The molecule has 13 heavy (non-hydrogen) atoms. The molecule has 0 atom stereocenters. The summed E-state index contributed by atoms with van der Waals surface area (Å²) in [6, 6.07) is 1.68. The number of alkyl halides is 2. The van der Waals surface area contributed by atoms with E-state index in [0.29, 0.717) is 13.7 Å². The van der Waals surface area contributed by atoms with Crippen LogP contribution in [0.15, 0.2) is 10.5 Å². The smallest absolute Gasteiger partial charge is 0.281 e. The van der Waals surface area contributed by atoms with E-state index < -0.39 is 6.43 Å². The Balaban J connectivity index is 3.27. The normalized spacial score (nSPS) is 10.9. The lowest BCUT2D eigenvalue weighted by Crippen LogP contribution is -2.03. The first-order valence-electron chi connectivity index (χ1n) is 3.39. The van der Waals surface area contributed by atoms with Crippen molar-refractivity contribution in [2.24, 2.45) is 5.73 Å². The largest absolute Gasteiger partial charge is 0.326 e. The number of hydrogen-bond acceptors (Lipinski definition) is 2.